The van der Waals surface area contributed by atoms with Crippen molar-refractivity contribution in [2.45, 2.75) is 44.9 Å². The summed E-state index contributed by atoms with van der Waals surface area (Å²) in [5.41, 5.74) is 9.29. The summed E-state index contributed by atoms with van der Waals surface area (Å²) < 4.78 is 15.5. The molecule has 1 aromatic heterocycles. The summed E-state index contributed by atoms with van der Waals surface area (Å²) in [6.07, 6.45) is 0.0325. The summed E-state index contributed by atoms with van der Waals surface area (Å²) in [7, 11) is 0. The molecule has 0 spiro atoms. The Hall–Kier alpha value is -3.75. The van der Waals surface area contributed by atoms with Crippen LogP contribution < -0.4 is 5.73 Å². The van der Waals surface area contributed by atoms with Crippen molar-refractivity contribution in [1.82, 2.24) is 4.57 Å². The fourth-order valence-corrected chi connectivity index (χ4v) is 4.19. The number of aliphatic hydroxyl groups excluding tert-OH is 2. The van der Waals surface area contributed by atoms with Gasteiger partial charge in [0.1, 0.15) is 11.5 Å². The molecule has 7 nitrogen and oxygen atoms in total. The Labute approximate surface area is 203 Å². The smallest absolute Gasteiger partial charge is 0.305 e. The zero-order valence-corrected chi connectivity index (χ0v) is 19.6. The predicted octanol–water partition coefficient (Wildman–Crippen LogP) is 4.24. The van der Waals surface area contributed by atoms with Crippen molar-refractivity contribution >= 4 is 18.0 Å². The van der Waals surface area contributed by atoms with Crippen LogP contribution in [0.15, 0.2) is 60.7 Å². The van der Waals surface area contributed by atoms with E-state index in [4.69, 9.17) is 10.8 Å². The zero-order chi connectivity index (χ0) is 25.7. The number of nitrogens with two attached hydrogens (primary N) is 1. The van der Waals surface area contributed by atoms with Crippen LogP contribution in [0.4, 0.5) is 4.39 Å². The van der Waals surface area contributed by atoms with Gasteiger partial charge in [-0.1, -0.05) is 48.5 Å². The summed E-state index contributed by atoms with van der Waals surface area (Å²) in [6.45, 7) is 3.78. The molecule has 35 heavy (non-hydrogen) atoms. The molecule has 0 fully saturated rings. The normalized spacial score (nSPS) is 13.3. The van der Waals surface area contributed by atoms with Gasteiger partial charge in [0.15, 0.2) is 0 Å². The first-order valence-corrected chi connectivity index (χ1v) is 11.3. The van der Waals surface area contributed by atoms with Crippen molar-refractivity contribution in [2.75, 3.05) is 0 Å². The molecule has 3 aromatic rings. The summed E-state index contributed by atoms with van der Waals surface area (Å²) in [4.78, 5) is 23.6. The number of rotatable bonds is 10. The first-order valence-electron chi connectivity index (χ1n) is 11.3. The molecule has 3 rings (SSSR count). The minimum atomic E-state index is -1.22. The minimum Gasteiger partial charge on any atom is -0.481 e. The first kappa shape index (κ1) is 25.9. The van der Waals surface area contributed by atoms with Crippen molar-refractivity contribution in [2.24, 2.45) is 5.73 Å². The lowest BCUT2D eigenvalue weighted by Crippen LogP contribution is -2.20. The molecular formula is C27H29FN2O5. The summed E-state index contributed by atoms with van der Waals surface area (Å²) in [5.74, 6) is -2.22. The van der Waals surface area contributed by atoms with E-state index in [0.29, 0.717) is 22.4 Å². The van der Waals surface area contributed by atoms with Crippen molar-refractivity contribution in [3.63, 3.8) is 0 Å². The molecule has 5 N–H and O–H groups in total. The Morgan fingerprint density at radius 2 is 1.60 bits per heavy atom. The Bertz CT molecular complexity index is 1220. The maximum Gasteiger partial charge on any atom is 0.305 e. The standard InChI is InChI=1S/C27H29FN2O5/c1-16(2)30-22(13-12-20(31)14-21(32)15-23(33)34)24(18-8-10-19(28)11-9-18)25(26(30)27(29)35)17-6-4-3-5-7-17/h3-13,16,20-21,31-32H,14-15H2,1-2H3,(H2,29,35)(H,33,34)/b13-12+/t20-,21-/m1/s1. The van der Waals surface area contributed by atoms with E-state index in [1.54, 1.807) is 22.8 Å². The molecule has 0 radical (unpaired) electrons. The number of amides is 1. The number of aliphatic hydroxyl groups is 2. The number of carboxylic acids is 1. The number of carboxylic acid groups (broad SMARTS) is 1. The van der Waals surface area contributed by atoms with E-state index in [-0.39, 0.29) is 18.2 Å². The lowest BCUT2D eigenvalue weighted by atomic mass is 9.94. The summed E-state index contributed by atoms with van der Waals surface area (Å²) >= 11 is 0. The third kappa shape index (κ3) is 6.03. The lowest BCUT2D eigenvalue weighted by Gasteiger charge is -2.16. The van der Waals surface area contributed by atoms with Gasteiger partial charge in [-0.05, 0) is 43.2 Å². The van der Waals surface area contributed by atoms with E-state index in [9.17, 15) is 24.2 Å². The number of hydrogen-bond acceptors (Lipinski definition) is 4. The zero-order valence-electron chi connectivity index (χ0n) is 19.6. The van der Waals surface area contributed by atoms with E-state index in [2.05, 4.69) is 0 Å². The number of benzene rings is 2. The van der Waals surface area contributed by atoms with Gasteiger partial charge in [-0.2, -0.15) is 0 Å². The Kier molecular flexibility index (Phi) is 8.22. The molecule has 2 aromatic carbocycles. The highest BCUT2D eigenvalue weighted by Gasteiger charge is 2.28. The number of nitrogens with zero attached hydrogens (tertiary/aromatic N) is 1. The number of halogens is 1. The molecule has 2 atom stereocenters. The van der Waals surface area contributed by atoms with Crippen molar-refractivity contribution in [1.29, 1.82) is 0 Å². The highest BCUT2D eigenvalue weighted by Crippen LogP contribution is 2.42. The van der Waals surface area contributed by atoms with Gasteiger partial charge in [-0.25, -0.2) is 4.39 Å². The van der Waals surface area contributed by atoms with Crippen LogP contribution in [-0.2, 0) is 4.79 Å². The fourth-order valence-electron chi connectivity index (χ4n) is 4.19. The third-order valence-corrected chi connectivity index (χ3v) is 5.59. The Balaban J connectivity index is 2.26. The van der Waals surface area contributed by atoms with Gasteiger partial charge in [-0.15, -0.1) is 0 Å². The molecule has 0 aliphatic rings. The van der Waals surface area contributed by atoms with Gasteiger partial charge in [0, 0.05) is 29.3 Å². The maximum absolute atomic E-state index is 13.7. The van der Waals surface area contributed by atoms with Crippen LogP contribution >= 0.6 is 0 Å². The van der Waals surface area contributed by atoms with Crippen LogP contribution in [0.3, 0.4) is 0 Å². The van der Waals surface area contributed by atoms with Crippen LogP contribution in [0.2, 0.25) is 0 Å². The molecule has 1 amide bonds. The molecule has 0 bridgehead atoms. The topological polar surface area (TPSA) is 126 Å². The molecule has 1 heterocycles. The van der Waals surface area contributed by atoms with Crippen LogP contribution in [0.1, 0.15) is 48.9 Å². The number of primary amides is 1. The lowest BCUT2D eigenvalue weighted by molar-refractivity contribution is -0.139. The van der Waals surface area contributed by atoms with Crippen LogP contribution in [0.25, 0.3) is 28.3 Å². The van der Waals surface area contributed by atoms with E-state index in [0.717, 1.165) is 5.56 Å². The molecule has 0 unspecified atom stereocenters. The predicted molar refractivity (Wildman–Crippen MR) is 132 cm³/mol. The maximum atomic E-state index is 13.7. The SMILES string of the molecule is CC(C)n1c(/C=C/[C@@H](O)C[C@@H](O)CC(=O)O)c(-c2ccc(F)cc2)c(-c2ccccc2)c1C(N)=O. The summed E-state index contributed by atoms with van der Waals surface area (Å²) in [5, 5.41) is 29.2. The van der Waals surface area contributed by atoms with Gasteiger partial charge in [-0.3, -0.25) is 9.59 Å². The molecular weight excluding hydrogens is 451 g/mol. The molecule has 8 heteroatoms. The second kappa shape index (κ2) is 11.1. The van der Waals surface area contributed by atoms with Crippen LogP contribution in [-0.4, -0.2) is 44.0 Å². The Morgan fingerprint density at radius 1 is 1.00 bits per heavy atom. The molecule has 184 valence electrons. The minimum absolute atomic E-state index is 0.175. The average Bonchev–Trinajstić information content (AvgIpc) is 3.14. The fraction of sp³-hybridized carbons (Fsp3) is 0.259. The van der Waals surface area contributed by atoms with Gasteiger partial charge < -0.3 is 25.6 Å². The highest BCUT2D eigenvalue weighted by molar-refractivity contribution is 6.05. The third-order valence-electron chi connectivity index (χ3n) is 5.59. The second-order valence-corrected chi connectivity index (χ2v) is 8.60. The van der Waals surface area contributed by atoms with E-state index < -0.39 is 36.3 Å². The van der Waals surface area contributed by atoms with Crippen molar-refractivity contribution < 1.29 is 29.3 Å². The number of aromatic nitrogens is 1. The van der Waals surface area contributed by atoms with Gasteiger partial charge in [0.2, 0.25) is 0 Å². The number of aliphatic carboxylic acids is 1. The number of hydrogen-bond donors (Lipinski definition) is 4. The summed E-state index contributed by atoms with van der Waals surface area (Å²) in [6, 6.07) is 14.9. The molecule has 0 saturated carbocycles. The van der Waals surface area contributed by atoms with Gasteiger partial charge in [0.05, 0.1) is 18.6 Å². The van der Waals surface area contributed by atoms with Crippen LogP contribution in [0.5, 0.6) is 0 Å². The largest absolute Gasteiger partial charge is 0.481 e. The van der Waals surface area contributed by atoms with E-state index >= 15 is 0 Å². The molecule has 0 saturated heterocycles. The molecule has 0 aliphatic carbocycles. The number of carbonyl (C=O) groups is 2. The number of carbonyl (C=O) groups excluding carboxylic acids is 1. The van der Waals surface area contributed by atoms with E-state index in [1.807, 2.05) is 44.2 Å². The average molecular weight is 481 g/mol. The molecule has 0 aliphatic heterocycles. The van der Waals surface area contributed by atoms with Crippen molar-refractivity contribution in [3.05, 3.63) is 77.9 Å². The van der Waals surface area contributed by atoms with Crippen LogP contribution in [0, 0.1) is 5.82 Å². The van der Waals surface area contributed by atoms with Crippen molar-refractivity contribution in [3.8, 4) is 22.3 Å². The quantitative estimate of drug-likeness (QED) is 0.345. The Morgan fingerprint density at radius 3 is 2.14 bits per heavy atom. The van der Waals surface area contributed by atoms with Gasteiger partial charge >= 0.3 is 5.97 Å². The van der Waals surface area contributed by atoms with E-state index in [1.165, 1.54) is 18.2 Å². The highest BCUT2D eigenvalue weighted by atomic mass is 19.1. The second-order valence-electron chi connectivity index (χ2n) is 8.60. The first-order chi connectivity index (χ1) is 16.6. The van der Waals surface area contributed by atoms with Gasteiger partial charge in [0.25, 0.3) is 5.91 Å². The monoisotopic (exact) mass is 480 g/mol.